The molecule has 0 aromatic heterocycles. The first-order valence-corrected chi connectivity index (χ1v) is 10.0. The molecule has 0 aliphatic carbocycles. The van der Waals surface area contributed by atoms with Crippen LogP contribution in [0.2, 0.25) is 0 Å². The van der Waals surface area contributed by atoms with Crippen molar-refractivity contribution in [3.05, 3.63) is 29.8 Å². The van der Waals surface area contributed by atoms with Crippen LogP contribution in [-0.2, 0) is 16.0 Å². The van der Waals surface area contributed by atoms with E-state index >= 15 is 0 Å². The van der Waals surface area contributed by atoms with Crippen molar-refractivity contribution in [2.24, 2.45) is 0 Å². The number of benzene rings is 1. The highest BCUT2D eigenvalue weighted by Crippen LogP contribution is 2.28. The van der Waals surface area contributed by atoms with E-state index in [2.05, 4.69) is 0 Å². The van der Waals surface area contributed by atoms with Crippen molar-refractivity contribution in [2.45, 2.75) is 31.5 Å². The van der Waals surface area contributed by atoms with E-state index in [1.807, 2.05) is 29.2 Å². The lowest BCUT2D eigenvalue weighted by Gasteiger charge is -2.36. The summed E-state index contributed by atoms with van der Waals surface area (Å²) in [5.41, 5.74) is 2.11. The zero-order valence-electron chi connectivity index (χ0n) is 16.4. The van der Waals surface area contributed by atoms with Gasteiger partial charge in [0.1, 0.15) is 13.1 Å². The Morgan fingerprint density at radius 1 is 1.07 bits per heavy atom. The van der Waals surface area contributed by atoms with E-state index in [9.17, 15) is 27.6 Å². The highest BCUT2D eigenvalue weighted by molar-refractivity contribution is 6.02. The van der Waals surface area contributed by atoms with Crippen LogP contribution in [-0.4, -0.2) is 84.0 Å². The van der Waals surface area contributed by atoms with Gasteiger partial charge in [-0.3, -0.25) is 19.4 Å². The van der Waals surface area contributed by atoms with Gasteiger partial charge in [0, 0.05) is 31.4 Å². The van der Waals surface area contributed by atoms with Crippen molar-refractivity contribution in [2.75, 3.05) is 44.2 Å². The fourth-order valence-corrected chi connectivity index (χ4v) is 4.44. The molecule has 0 unspecified atom stereocenters. The molecule has 3 heterocycles. The highest BCUT2D eigenvalue weighted by Gasteiger charge is 2.45. The summed E-state index contributed by atoms with van der Waals surface area (Å²) in [7, 11) is 0. The number of fused-ring (bicyclic) bond motifs is 1. The van der Waals surface area contributed by atoms with Crippen molar-refractivity contribution >= 4 is 23.5 Å². The zero-order valence-corrected chi connectivity index (χ0v) is 16.4. The number of hydrogen-bond donors (Lipinski definition) is 0. The van der Waals surface area contributed by atoms with Crippen LogP contribution < -0.4 is 4.90 Å². The number of likely N-dealkylation sites (tertiary alicyclic amines) is 1. The molecule has 10 heteroatoms. The fraction of sp³-hybridized carbons (Fsp3) is 0.550. The molecule has 4 rings (SSSR count). The lowest BCUT2D eigenvalue weighted by molar-refractivity contribution is -0.151. The summed E-state index contributed by atoms with van der Waals surface area (Å²) in [6.45, 7) is 0.142. The maximum absolute atomic E-state index is 12.7. The van der Waals surface area contributed by atoms with E-state index in [1.165, 1.54) is 4.90 Å². The van der Waals surface area contributed by atoms with E-state index in [-0.39, 0.29) is 29.9 Å². The second kappa shape index (κ2) is 7.90. The minimum absolute atomic E-state index is 0.0159. The summed E-state index contributed by atoms with van der Waals surface area (Å²) in [6, 6.07) is 6.66. The van der Waals surface area contributed by atoms with Crippen LogP contribution in [0, 0.1) is 0 Å². The minimum Gasteiger partial charge on any atom is -0.312 e. The highest BCUT2D eigenvalue weighted by atomic mass is 19.4. The van der Waals surface area contributed by atoms with Crippen LogP contribution in [0.1, 0.15) is 18.4 Å². The smallest absolute Gasteiger partial charge is 0.312 e. The van der Waals surface area contributed by atoms with Gasteiger partial charge in [0.2, 0.25) is 5.91 Å². The SMILES string of the molecule is O=C1CN(C2CCN(CC(=O)N3CCc4ccccc43)CC2)C(=O)N1CC(F)(F)F. The van der Waals surface area contributed by atoms with Crippen molar-refractivity contribution in [1.29, 1.82) is 0 Å². The topological polar surface area (TPSA) is 64.2 Å². The van der Waals surface area contributed by atoms with Gasteiger partial charge in [-0.2, -0.15) is 13.2 Å². The molecule has 0 bridgehead atoms. The molecule has 1 aromatic rings. The average Bonchev–Trinajstić information content (AvgIpc) is 3.24. The summed E-state index contributed by atoms with van der Waals surface area (Å²) < 4.78 is 37.8. The Morgan fingerprint density at radius 3 is 2.47 bits per heavy atom. The molecule has 3 aliphatic rings. The molecule has 7 nitrogen and oxygen atoms in total. The first-order chi connectivity index (χ1) is 14.2. The van der Waals surface area contributed by atoms with Gasteiger partial charge in [0.05, 0.1) is 6.54 Å². The van der Waals surface area contributed by atoms with Crippen LogP contribution in [0.25, 0.3) is 0 Å². The Hall–Kier alpha value is -2.62. The molecule has 0 saturated carbocycles. The minimum atomic E-state index is -4.61. The number of piperidine rings is 1. The van der Waals surface area contributed by atoms with Crippen LogP contribution in [0.4, 0.5) is 23.7 Å². The molecule has 30 heavy (non-hydrogen) atoms. The molecular weight excluding hydrogens is 401 g/mol. The van der Waals surface area contributed by atoms with E-state index in [0.717, 1.165) is 17.7 Å². The quantitative estimate of drug-likeness (QED) is 0.693. The van der Waals surface area contributed by atoms with Crippen molar-refractivity contribution in [3.8, 4) is 0 Å². The molecule has 0 spiro atoms. The van der Waals surface area contributed by atoms with E-state index in [0.29, 0.717) is 32.5 Å². The van der Waals surface area contributed by atoms with E-state index < -0.39 is 24.7 Å². The van der Waals surface area contributed by atoms with Crippen molar-refractivity contribution in [1.82, 2.24) is 14.7 Å². The molecule has 162 valence electrons. The van der Waals surface area contributed by atoms with Crippen LogP contribution in [0.3, 0.4) is 0 Å². The third-order valence-corrected chi connectivity index (χ3v) is 5.97. The van der Waals surface area contributed by atoms with Crippen LogP contribution >= 0.6 is 0 Å². The predicted molar refractivity (Wildman–Crippen MR) is 102 cm³/mol. The van der Waals surface area contributed by atoms with E-state index in [1.54, 1.807) is 4.90 Å². The number of anilines is 1. The number of carbonyl (C=O) groups is 3. The monoisotopic (exact) mass is 424 g/mol. The fourth-order valence-electron chi connectivity index (χ4n) is 4.44. The van der Waals surface area contributed by atoms with Gasteiger partial charge >= 0.3 is 12.2 Å². The van der Waals surface area contributed by atoms with Crippen molar-refractivity contribution in [3.63, 3.8) is 0 Å². The summed E-state index contributed by atoms with van der Waals surface area (Å²) in [4.78, 5) is 42.2. The van der Waals surface area contributed by atoms with Gasteiger partial charge in [-0.1, -0.05) is 18.2 Å². The molecule has 1 aromatic carbocycles. The number of nitrogens with zero attached hydrogens (tertiary/aromatic N) is 4. The lowest BCUT2D eigenvalue weighted by Crippen LogP contribution is -2.49. The second-order valence-electron chi connectivity index (χ2n) is 7.94. The third kappa shape index (κ3) is 4.14. The molecule has 0 N–H and O–H groups in total. The number of hydrogen-bond acceptors (Lipinski definition) is 4. The number of para-hydroxylation sites is 1. The number of imide groups is 1. The summed E-state index contributed by atoms with van der Waals surface area (Å²) >= 11 is 0. The Balaban J connectivity index is 1.30. The number of urea groups is 1. The molecule has 2 fully saturated rings. The molecule has 3 aliphatic heterocycles. The zero-order chi connectivity index (χ0) is 21.5. The first-order valence-electron chi connectivity index (χ1n) is 10.0. The van der Waals surface area contributed by atoms with Crippen LogP contribution in [0.5, 0.6) is 0 Å². The Morgan fingerprint density at radius 2 is 1.77 bits per heavy atom. The molecule has 0 atom stereocenters. The molecule has 4 amide bonds. The largest absolute Gasteiger partial charge is 0.406 e. The summed E-state index contributed by atoms with van der Waals surface area (Å²) in [6.07, 6.45) is -2.74. The Kier molecular flexibility index (Phi) is 5.44. The predicted octanol–water partition coefficient (Wildman–Crippen LogP) is 1.87. The van der Waals surface area contributed by atoms with Gasteiger partial charge < -0.3 is 9.80 Å². The van der Waals surface area contributed by atoms with Gasteiger partial charge in [0.25, 0.3) is 5.91 Å². The third-order valence-electron chi connectivity index (χ3n) is 5.97. The summed E-state index contributed by atoms with van der Waals surface area (Å²) in [5.74, 6) is -0.801. The van der Waals surface area contributed by atoms with Gasteiger partial charge in [0.15, 0.2) is 0 Å². The lowest BCUT2D eigenvalue weighted by atomic mass is 10.0. The molecular formula is C20H23F3N4O3. The maximum Gasteiger partial charge on any atom is 0.406 e. The van der Waals surface area contributed by atoms with Gasteiger partial charge in [-0.25, -0.2) is 4.79 Å². The number of halogens is 3. The number of rotatable bonds is 4. The standard InChI is InChI=1S/C20H23F3N4O3/c21-20(22,23)13-27-18(29)12-26(19(27)30)15-6-8-24(9-7-15)11-17(28)25-10-5-14-3-1-2-4-16(14)25/h1-4,15H,5-13H2. The normalized spacial score (nSPS) is 21.0. The van der Waals surface area contributed by atoms with Gasteiger partial charge in [-0.05, 0) is 30.9 Å². The number of amides is 4. The number of carbonyl (C=O) groups excluding carboxylic acids is 3. The Bertz CT molecular complexity index is 852. The molecule has 2 saturated heterocycles. The van der Waals surface area contributed by atoms with Crippen molar-refractivity contribution < 1.29 is 27.6 Å². The van der Waals surface area contributed by atoms with Crippen LogP contribution in [0.15, 0.2) is 24.3 Å². The maximum atomic E-state index is 12.7. The summed E-state index contributed by atoms with van der Waals surface area (Å²) in [5, 5.41) is 0. The Labute approximate surface area is 172 Å². The average molecular weight is 424 g/mol. The van der Waals surface area contributed by atoms with E-state index in [4.69, 9.17) is 0 Å². The first kappa shape index (κ1) is 20.6. The number of alkyl halides is 3. The van der Waals surface area contributed by atoms with Gasteiger partial charge in [-0.15, -0.1) is 0 Å². The second-order valence-corrected chi connectivity index (χ2v) is 7.94. The molecule has 0 radical (unpaired) electrons.